The van der Waals surface area contributed by atoms with Crippen LogP contribution in [0.2, 0.25) is 0 Å². The van der Waals surface area contributed by atoms with Gasteiger partial charge >= 0.3 is 0 Å². The molecule has 0 radical (unpaired) electrons. The highest BCUT2D eigenvalue weighted by molar-refractivity contribution is 5.48. The molecule has 0 aliphatic rings. The van der Waals surface area contributed by atoms with E-state index < -0.39 is 0 Å². The molecular formula is C12H11N5O. The Morgan fingerprint density at radius 3 is 3.00 bits per heavy atom. The number of phenolic OH excluding ortho intramolecular Hbond substituents is 1. The zero-order valence-electron chi connectivity index (χ0n) is 9.46. The maximum absolute atomic E-state index is 9.63. The van der Waals surface area contributed by atoms with E-state index in [1.807, 2.05) is 6.07 Å². The van der Waals surface area contributed by atoms with E-state index in [4.69, 9.17) is 11.0 Å². The normalized spacial score (nSPS) is 9.72. The third-order valence-electron chi connectivity index (χ3n) is 2.31. The summed E-state index contributed by atoms with van der Waals surface area (Å²) in [6, 6.07) is 8.25. The number of anilines is 2. The lowest BCUT2D eigenvalue weighted by molar-refractivity contribution is 0.469. The Kier molecular flexibility index (Phi) is 3.25. The zero-order chi connectivity index (χ0) is 13.0. The van der Waals surface area contributed by atoms with Crippen molar-refractivity contribution in [3.63, 3.8) is 0 Å². The number of rotatable bonds is 3. The molecular weight excluding hydrogens is 230 g/mol. The molecule has 1 aromatic heterocycles. The van der Waals surface area contributed by atoms with E-state index in [0.29, 0.717) is 23.7 Å². The predicted octanol–water partition coefficient (Wildman–Crippen LogP) is 1.25. The minimum Gasteiger partial charge on any atom is -0.508 e. The topological polar surface area (TPSA) is 108 Å². The Balaban J connectivity index is 2.11. The Bertz CT molecular complexity index is 606. The van der Waals surface area contributed by atoms with Gasteiger partial charge in [0.15, 0.2) is 0 Å². The fraction of sp³-hybridized carbons (Fsp3) is 0.0833. The van der Waals surface area contributed by atoms with Crippen LogP contribution in [0.25, 0.3) is 0 Å². The fourth-order valence-corrected chi connectivity index (χ4v) is 1.43. The van der Waals surface area contributed by atoms with Gasteiger partial charge in [0.2, 0.25) is 5.95 Å². The van der Waals surface area contributed by atoms with Crippen molar-refractivity contribution in [2.24, 2.45) is 0 Å². The third kappa shape index (κ3) is 2.65. The maximum Gasteiger partial charge on any atom is 0.224 e. The Morgan fingerprint density at radius 1 is 1.39 bits per heavy atom. The molecule has 0 saturated carbocycles. The fourth-order valence-electron chi connectivity index (χ4n) is 1.43. The molecule has 0 bridgehead atoms. The first kappa shape index (κ1) is 11.7. The number of aromatic nitrogens is 2. The van der Waals surface area contributed by atoms with Gasteiger partial charge in [-0.25, -0.2) is 9.97 Å². The van der Waals surface area contributed by atoms with Crippen molar-refractivity contribution in [3.05, 3.63) is 41.7 Å². The summed E-state index contributed by atoms with van der Waals surface area (Å²) in [7, 11) is 0. The third-order valence-corrected chi connectivity index (χ3v) is 2.31. The summed E-state index contributed by atoms with van der Waals surface area (Å²) in [6.07, 6.45) is 1.49. The Morgan fingerprint density at radius 2 is 2.22 bits per heavy atom. The van der Waals surface area contributed by atoms with Crippen LogP contribution in [0.4, 0.5) is 11.6 Å². The van der Waals surface area contributed by atoms with Gasteiger partial charge in [-0.15, -0.1) is 0 Å². The van der Waals surface area contributed by atoms with Gasteiger partial charge in [-0.3, -0.25) is 0 Å². The van der Waals surface area contributed by atoms with Crippen molar-refractivity contribution in [1.29, 1.82) is 5.26 Å². The van der Waals surface area contributed by atoms with Crippen LogP contribution in [0, 0.1) is 11.3 Å². The molecule has 6 nitrogen and oxygen atoms in total. The van der Waals surface area contributed by atoms with Crippen molar-refractivity contribution < 1.29 is 5.11 Å². The number of nitrogens with two attached hydrogens (primary N) is 1. The van der Waals surface area contributed by atoms with Crippen molar-refractivity contribution in [1.82, 2.24) is 9.97 Å². The van der Waals surface area contributed by atoms with Crippen LogP contribution in [-0.2, 0) is 6.54 Å². The lowest BCUT2D eigenvalue weighted by Crippen LogP contribution is -2.04. The lowest BCUT2D eigenvalue weighted by Gasteiger charge is -2.07. The van der Waals surface area contributed by atoms with E-state index in [2.05, 4.69) is 15.3 Å². The molecule has 0 aliphatic heterocycles. The summed E-state index contributed by atoms with van der Waals surface area (Å²) < 4.78 is 0. The second-order valence-corrected chi connectivity index (χ2v) is 3.62. The number of hydrogen-bond acceptors (Lipinski definition) is 6. The molecule has 90 valence electrons. The predicted molar refractivity (Wildman–Crippen MR) is 66.6 cm³/mol. The summed E-state index contributed by atoms with van der Waals surface area (Å²) in [4.78, 5) is 7.93. The minimum atomic E-state index is 0.146. The van der Waals surface area contributed by atoms with E-state index in [1.54, 1.807) is 12.1 Å². The molecule has 0 saturated heterocycles. The highest BCUT2D eigenvalue weighted by Gasteiger charge is 2.03. The number of aromatic hydroxyl groups is 1. The Hall–Kier alpha value is -2.81. The molecule has 0 unspecified atom stereocenters. The van der Waals surface area contributed by atoms with E-state index in [0.717, 1.165) is 0 Å². The van der Waals surface area contributed by atoms with Crippen LogP contribution in [0.1, 0.15) is 11.3 Å². The molecule has 4 N–H and O–H groups in total. The SMILES string of the molecule is N#Cc1ccnc(NCc2cc(N)ccc2O)n1. The van der Waals surface area contributed by atoms with Crippen molar-refractivity contribution >= 4 is 11.6 Å². The summed E-state index contributed by atoms with van der Waals surface area (Å²) in [5.74, 6) is 0.476. The van der Waals surface area contributed by atoms with Gasteiger partial charge in [0.05, 0.1) is 0 Å². The number of nitrogens with one attached hydrogen (secondary N) is 1. The minimum absolute atomic E-state index is 0.146. The summed E-state index contributed by atoms with van der Waals surface area (Å²) in [5, 5.41) is 21.2. The molecule has 1 aromatic carbocycles. The van der Waals surface area contributed by atoms with Gasteiger partial charge in [0.1, 0.15) is 17.5 Å². The number of hydrogen-bond donors (Lipinski definition) is 3. The van der Waals surface area contributed by atoms with Crippen LogP contribution in [0.3, 0.4) is 0 Å². The smallest absolute Gasteiger partial charge is 0.224 e. The number of nitriles is 1. The molecule has 0 fully saturated rings. The average molecular weight is 241 g/mol. The molecule has 2 rings (SSSR count). The van der Waals surface area contributed by atoms with Crippen molar-refractivity contribution in [2.75, 3.05) is 11.1 Å². The van der Waals surface area contributed by atoms with Gasteiger partial charge in [-0.2, -0.15) is 5.26 Å². The van der Waals surface area contributed by atoms with E-state index in [9.17, 15) is 5.11 Å². The monoisotopic (exact) mass is 241 g/mol. The molecule has 0 aliphatic carbocycles. The molecule has 0 atom stereocenters. The van der Waals surface area contributed by atoms with Crippen molar-refractivity contribution in [3.8, 4) is 11.8 Å². The summed E-state index contributed by atoms with van der Waals surface area (Å²) in [5.41, 5.74) is 7.12. The molecule has 2 aromatic rings. The summed E-state index contributed by atoms with van der Waals surface area (Å²) >= 11 is 0. The molecule has 0 spiro atoms. The number of benzene rings is 1. The van der Waals surface area contributed by atoms with E-state index in [1.165, 1.54) is 18.3 Å². The Labute approximate surface area is 104 Å². The molecule has 6 heteroatoms. The molecule has 18 heavy (non-hydrogen) atoms. The van der Waals surface area contributed by atoms with Crippen LogP contribution >= 0.6 is 0 Å². The second-order valence-electron chi connectivity index (χ2n) is 3.62. The van der Waals surface area contributed by atoms with Gasteiger partial charge < -0.3 is 16.2 Å². The highest BCUT2D eigenvalue weighted by Crippen LogP contribution is 2.20. The quantitative estimate of drug-likeness (QED) is 0.551. The average Bonchev–Trinajstić information content (AvgIpc) is 2.40. The molecule has 1 heterocycles. The number of phenols is 1. The lowest BCUT2D eigenvalue weighted by atomic mass is 10.2. The summed E-state index contributed by atoms with van der Waals surface area (Å²) in [6.45, 7) is 0.325. The van der Waals surface area contributed by atoms with Crippen LogP contribution in [0.15, 0.2) is 30.5 Å². The first-order valence-corrected chi connectivity index (χ1v) is 5.23. The largest absolute Gasteiger partial charge is 0.508 e. The first-order chi connectivity index (χ1) is 8.69. The maximum atomic E-state index is 9.63. The number of nitrogen functional groups attached to an aromatic ring is 1. The standard InChI is InChI=1S/C12H11N5O/c13-6-10-3-4-15-12(17-10)16-7-8-5-9(14)1-2-11(8)18/h1-5,18H,7,14H2,(H,15,16,17). The van der Waals surface area contributed by atoms with E-state index >= 15 is 0 Å². The first-order valence-electron chi connectivity index (χ1n) is 5.23. The van der Waals surface area contributed by atoms with E-state index in [-0.39, 0.29) is 11.4 Å². The second kappa shape index (κ2) is 5.01. The van der Waals surface area contributed by atoms with Gasteiger partial charge in [0.25, 0.3) is 0 Å². The van der Waals surface area contributed by atoms with Crippen LogP contribution in [0.5, 0.6) is 5.75 Å². The van der Waals surface area contributed by atoms with Crippen LogP contribution in [-0.4, -0.2) is 15.1 Å². The zero-order valence-corrected chi connectivity index (χ0v) is 9.46. The highest BCUT2D eigenvalue weighted by atomic mass is 16.3. The van der Waals surface area contributed by atoms with Gasteiger partial charge in [-0.05, 0) is 24.3 Å². The number of nitrogens with zero attached hydrogens (tertiary/aromatic N) is 3. The van der Waals surface area contributed by atoms with Gasteiger partial charge in [0, 0.05) is 24.0 Å². The van der Waals surface area contributed by atoms with Crippen molar-refractivity contribution in [2.45, 2.75) is 6.54 Å². The molecule has 0 amide bonds. The van der Waals surface area contributed by atoms with Gasteiger partial charge in [-0.1, -0.05) is 0 Å². The van der Waals surface area contributed by atoms with Crippen LogP contribution < -0.4 is 11.1 Å².